The first-order valence-corrected chi connectivity index (χ1v) is 18.5. The zero-order valence-electron chi connectivity index (χ0n) is 33.3. The van der Waals surface area contributed by atoms with E-state index >= 15 is 0 Å². The van der Waals surface area contributed by atoms with Crippen LogP contribution in [0.1, 0.15) is 64.2 Å². The highest BCUT2D eigenvalue weighted by molar-refractivity contribution is 5.65. The van der Waals surface area contributed by atoms with Crippen LogP contribution in [0.15, 0.2) is 175 Å². The third-order valence-electron chi connectivity index (χ3n) is 7.78. The van der Waals surface area contributed by atoms with Gasteiger partial charge in [0.15, 0.2) is 0 Å². The lowest BCUT2D eigenvalue weighted by atomic mass is 9.98. The molecule has 0 saturated heterocycles. The van der Waals surface area contributed by atoms with Crippen molar-refractivity contribution in [3.8, 4) is 11.1 Å². The topological polar surface area (TPSA) is 53.3 Å². The van der Waals surface area contributed by atoms with E-state index in [9.17, 15) is 0 Å². The number of nitrogen functional groups attached to an aromatic ring is 1. The fraction of sp³-hybridized carbons (Fsp3) is 0.250. The Morgan fingerprint density at radius 2 is 1.38 bits per heavy atom. The molecule has 0 saturated carbocycles. The quantitative estimate of drug-likeness (QED) is 0.0975. The van der Waals surface area contributed by atoms with Crippen molar-refractivity contribution in [2.24, 2.45) is 0 Å². The highest BCUT2D eigenvalue weighted by atomic mass is 15.3. The molecule has 4 aromatic carbocycles. The zero-order valence-corrected chi connectivity index (χ0v) is 33.3. The second-order valence-corrected chi connectivity index (χ2v) is 11.4. The number of para-hydroxylation sites is 1. The molecule has 4 nitrogen and oxygen atoms in total. The van der Waals surface area contributed by atoms with E-state index in [0.29, 0.717) is 0 Å². The summed E-state index contributed by atoms with van der Waals surface area (Å²) < 4.78 is 0. The summed E-state index contributed by atoms with van der Waals surface area (Å²) in [6.07, 6.45) is 19.9. The first-order chi connectivity index (χ1) is 25.4. The van der Waals surface area contributed by atoms with Crippen molar-refractivity contribution in [3.05, 3.63) is 192 Å². The molecule has 0 unspecified atom stereocenters. The molecule has 0 aromatic heterocycles. The molecule has 0 radical (unpaired) electrons. The summed E-state index contributed by atoms with van der Waals surface area (Å²) in [6.45, 7) is 15.6. The Kier molecular flexibility index (Phi) is 23.8. The average Bonchev–Trinajstić information content (AvgIpc) is 3.91. The van der Waals surface area contributed by atoms with E-state index in [1.807, 2.05) is 91.2 Å². The molecule has 0 spiro atoms. The Hall–Kier alpha value is -5.16. The zero-order chi connectivity index (χ0) is 38.6. The van der Waals surface area contributed by atoms with Crippen LogP contribution in [0, 0.1) is 6.92 Å². The number of aryl methyl sites for hydroxylation is 1. The second-order valence-electron chi connectivity index (χ2n) is 11.4. The second kappa shape index (κ2) is 27.5. The summed E-state index contributed by atoms with van der Waals surface area (Å²) in [5.74, 6) is 0. The molecule has 0 amide bonds. The van der Waals surface area contributed by atoms with Crippen LogP contribution in [-0.2, 0) is 6.42 Å². The SMILES string of the molecule is C=C/C=C\C.CC.CC.CNNC.Cc1ccc(-c2cccc(Cc3cccc(N(C)C4=C(C5=CCC=C5)CC=C4)c3)c2)cc1.Nc1ccccc1. The Morgan fingerprint density at radius 3 is 1.90 bits per heavy atom. The molecule has 0 atom stereocenters. The van der Waals surface area contributed by atoms with E-state index in [4.69, 9.17) is 5.73 Å². The van der Waals surface area contributed by atoms with Crippen LogP contribution < -0.4 is 21.5 Å². The standard InChI is InChI=1S/C31H29N.C6H7N.C5H8.C2H8N2.2C2H6/c1-23-16-18-26(19-17-23)28-12-5-8-24(21-28)20-25-9-6-13-29(22-25)32(2)31-15-7-14-30(31)27-10-3-4-11-27;7-6-4-2-1-3-5-6;1-3-5-4-2;1-3-4-2;2*1-2/h3,5-13,15-19,21-22H,4,14,20H2,1-2H3;1-5H,7H2;3-5H,1H2,2H3;3-4H,1-2H3;2*1-2H3/b;;5-4-;;;. The molecule has 2 aliphatic carbocycles. The number of rotatable bonds is 8. The maximum atomic E-state index is 5.36. The van der Waals surface area contributed by atoms with Crippen molar-refractivity contribution in [3.63, 3.8) is 0 Å². The third-order valence-corrected chi connectivity index (χ3v) is 7.78. The van der Waals surface area contributed by atoms with Crippen molar-refractivity contribution in [1.82, 2.24) is 10.9 Å². The number of allylic oxidation sites excluding steroid dienone is 10. The van der Waals surface area contributed by atoms with Gasteiger partial charge in [0.1, 0.15) is 0 Å². The van der Waals surface area contributed by atoms with Gasteiger partial charge in [0.25, 0.3) is 0 Å². The van der Waals surface area contributed by atoms with Crippen LogP contribution in [0.2, 0.25) is 0 Å². The van der Waals surface area contributed by atoms with Gasteiger partial charge in [0.2, 0.25) is 0 Å². The minimum Gasteiger partial charge on any atom is -0.399 e. The molecule has 4 heteroatoms. The maximum absolute atomic E-state index is 5.36. The number of nitrogens with one attached hydrogen (secondary N) is 2. The number of nitrogens with two attached hydrogens (primary N) is 1. The van der Waals surface area contributed by atoms with Gasteiger partial charge in [-0.25, -0.2) is 0 Å². The van der Waals surface area contributed by atoms with Gasteiger partial charge in [0, 0.05) is 24.1 Å². The van der Waals surface area contributed by atoms with Gasteiger partial charge in [-0.3, -0.25) is 10.9 Å². The van der Waals surface area contributed by atoms with Gasteiger partial charge in [-0.05, 0) is 111 Å². The fourth-order valence-electron chi connectivity index (χ4n) is 5.20. The number of anilines is 2. The summed E-state index contributed by atoms with van der Waals surface area (Å²) in [5.41, 5.74) is 23.4. The van der Waals surface area contributed by atoms with Crippen molar-refractivity contribution in [1.29, 1.82) is 0 Å². The first kappa shape index (κ1) is 44.9. The van der Waals surface area contributed by atoms with Gasteiger partial charge in [-0.1, -0.05) is 161 Å². The Balaban J connectivity index is 0.000000557. The predicted octanol–water partition coefficient (Wildman–Crippen LogP) is 12.2. The fourth-order valence-corrected chi connectivity index (χ4v) is 5.20. The van der Waals surface area contributed by atoms with Gasteiger partial charge in [-0.15, -0.1) is 0 Å². The molecule has 6 rings (SSSR count). The normalized spacial score (nSPS) is 12.0. The lowest BCUT2D eigenvalue weighted by Crippen LogP contribution is -2.21. The van der Waals surface area contributed by atoms with Gasteiger partial charge < -0.3 is 10.6 Å². The highest BCUT2D eigenvalue weighted by Gasteiger charge is 2.18. The summed E-state index contributed by atoms with van der Waals surface area (Å²) in [4.78, 5) is 2.33. The minimum atomic E-state index is 0.822. The Morgan fingerprint density at radius 1 is 0.750 bits per heavy atom. The number of benzene rings is 4. The van der Waals surface area contributed by atoms with Gasteiger partial charge in [0.05, 0.1) is 0 Å². The summed E-state index contributed by atoms with van der Waals surface area (Å²) in [7, 11) is 5.82. The average molecular weight is 697 g/mol. The van der Waals surface area contributed by atoms with Crippen LogP contribution in [0.3, 0.4) is 0 Å². The molecular weight excluding hydrogens is 633 g/mol. The first-order valence-electron chi connectivity index (χ1n) is 18.5. The predicted molar refractivity (Wildman–Crippen MR) is 234 cm³/mol. The van der Waals surface area contributed by atoms with Gasteiger partial charge in [-0.2, -0.15) is 0 Å². The number of hydrogen-bond acceptors (Lipinski definition) is 4. The van der Waals surface area contributed by atoms with Crippen LogP contribution in [0.25, 0.3) is 11.1 Å². The molecular formula is C48H64N4. The van der Waals surface area contributed by atoms with Crippen molar-refractivity contribution in [2.75, 3.05) is 31.8 Å². The highest BCUT2D eigenvalue weighted by Crippen LogP contribution is 2.33. The van der Waals surface area contributed by atoms with Crippen LogP contribution in [0.5, 0.6) is 0 Å². The van der Waals surface area contributed by atoms with E-state index in [1.165, 1.54) is 50.3 Å². The van der Waals surface area contributed by atoms with Crippen LogP contribution in [-0.4, -0.2) is 21.1 Å². The van der Waals surface area contributed by atoms with E-state index in [2.05, 4.69) is 139 Å². The Labute approximate surface area is 316 Å². The lowest BCUT2D eigenvalue weighted by molar-refractivity contribution is 0.689. The summed E-state index contributed by atoms with van der Waals surface area (Å²) >= 11 is 0. The van der Waals surface area contributed by atoms with Crippen LogP contribution >= 0.6 is 0 Å². The van der Waals surface area contributed by atoms with E-state index in [0.717, 1.165) is 24.9 Å². The molecule has 0 bridgehead atoms. The molecule has 4 aromatic rings. The summed E-state index contributed by atoms with van der Waals surface area (Å²) in [6, 6.07) is 36.1. The number of nitrogens with zero attached hydrogens (tertiary/aromatic N) is 1. The monoisotopic (exact) mass is 697 g/mol. The molecule has 276 valence electrons. The van der Waals surface area contributed by atoms with Crippen molar-refractivity contribution < 1.29 is 0 Å². The number of hydrogen-bond donors (Lipinski definition) is 3. The molecule has 4 N–H and O–H groups in total. The minimum absolute atomic E-state index is 0.822. The van der Waals surface area contributed by atoms with Gasteiger partial charge >= 0.3 is 0 Å². The smallest absolute Gasteiger partial charge is 0.0446 e. The molecule has 2 aliphatic rings. The number of likely N-dealkylation sites (N-methyl/N-ethyl adjacent to an activating group) is 1. The van der Waals surface area contributed by atoms with E-state index in [1.54, 1.807) is 6.08 Å². The molecule has 0 aliphatic heterocycles. The molecule has 0 heterocycles. The van der Waals surface area contributed by atoms with Crippen molar-refractivity contribution >= 4 is 11.4 Å². The summed E-state index contributed by atoms with van der Waals surface area (Å²) in [5, 5.41) is 0. The third kappa shape index (κ3) is 16.2. The van der Waals surface area contributed by atoms with E-state index < -0.39 is 0 Å². The van der Waals surface area contributed by atoms with Crippen molar-refractivity contribution in [2.45, 2.75) is 60.8 Å². The molecule has 52 heavy (non-hydrogen) atoms. The van der Waals surface area contributed by atoms with Crippen LogP contribution in [0.4, 0.5) is 11.4 Å². The lowest BCUT2D eigenvalue weighted by Gasteiger charge is -2.23. The largest absolute Gasteiger partial charge is 0.399 e. The Bertz CT molecular complexity index is 1710. The van der Waals surface area contributed by atoms with E-state index in [-0.39, 0.29) is 0 Å². The maximum Gasteiger partial charge on any atom is 0.0446 e. The number of hydrazine groups is 1. The molecule has 0 fully saturated rings.